The molecule has 0 unspecified atom stereocenters. The maximum absolute atomic E-state index is 13.0. The van der Waals surface area contributed by atoms with Gasteiger partial charge in [0.05, 0.1) is 16.1 Å². The molecule has 0 aromatic heterocycles. The Hall–Kier alpha value is -3.16. The molecule has 0 aliphatic carbocycles. The maximum Gasteiger partial charge on any atom is 0.259 e. The third-order valence-corrected chi connectivity index (χ3v) is 6.56. The summed E-state index contributed by atoms with van der Waals surface area (Å²) >= 11 is 0. The van der Waals surface area contributed by atoms with E-state index in [2.05, 4.69) is 5.32 Å². The molecular weight excluding hydrogens is 388 g/mol. The number of aryl methyl sites for hydroxylation is 1. The van der Waals surface area contributed by atoms with E-state index in [-0.39, 0.29) is 17.0 Å². The molecule has 0 radical (unpaired) electrons. The number of ether oxygens (including phenoxy) is 1. The van der Waals surface area contributed by atoms with E-state index in [0.717, 1.165) is 11.1 Å². The van der Waals surface area contributed by atoms with Crippen molar-refractivity contribution in [1.29, 1.82) is 0 Å². The van der Waals surface area contributed by atoms with Gasteiger partial charge in [0.15, 0.2) is 5.75 Å². The van der Waals surface area contributed by atoms with Crippen LogP contribution in [0.15, 0.2) is 71.6 Å². The fraction of sp³-hybridized carbons (Fsp3) is 0.136. The SMILES string of the molecule is Cc1ccc2c(c1)Oc1ccc(S(=O)(=O)N(C)Cc3ccccc3)cc1C(=O)N2. The monoisotopic (exact) mass is 408 g/mol. The fourth-order valence-electron chi connectivity index (χ4n) is 3.17. The number of fused-ring (bicyclic) bond motifs is 2. The number of hydrogen-bond donors (Lipinski definition) is 1. The molecule has 3 aromatic carbocycles. The third kappa shape index (κ3) is 3.74. The first-order valence-electron chi connectivity index (χ1n) is 9.09. The summed E-state index contributed by atoms with van der Waals surface area (Å²) in [5.74, 6) is 0.427. The van der Waals surface area contributed by atoms with E-state index in [1.807, 2.05) is 49.4 Å². The zero-order valence-electron chi connectivity index (χ0n) is 16.0. The number of carbonyl (C=O) groups is 1. The number of carbonyl (C=O) groups excluding carboxylic acids is 1. The van der Waals surface area contributed by atoms with Gasteiger partial charge in [-0.3, -0.25) is 4.79 Å². The fourth-order valence-corrected chi connectivity index (χ4v) is 4.35. The molecule has 1 amide bonds. The Kier molecular flexibility index (Phi) is 4.86. The average Bonchev–Trinajstić information content (AvgIpc) is 2.84. The van der Waals surface area contributed by atoms with Crippen LogP contribution in [-0.2, 0) is 16.6 Å². The first-order chi connectivity index (χ1) is 13.8. The predicted molar refractivity (Wildman–Crippen MR) is 111 cm³/mol. The number of amides is 1. The van der Waals surface area contributed by atoms with E-state index in [4.69, 9.17) is 4.74 Å². The van der Waals surface area contributed by atoms with Gasteiger partial charge in [-0.1, -0.05) is 36.4 Å². The van der Waals surface area contributed by atoms with Gasteiger partial charge >= 0.3 is 0 Å². The van der Waals surface area contributed by atoms with Gasteiger partial charge in [-0.15, -0.1) is 0 Å². The molecule has 4 rings (SSSR count). The molecule has 7 heteroatoms. The van der Waals surface area contributed by atoms with Crippen molar-refractivity contribution in [3.05, 3.63) is 83.4 Å². The molecule has 0 fully saturated rings. The number of anilines is 1. The van der Waals surface area contributed by atoms with Crippen LogP contribution < -0.4 is 10.1 Å². The topological polar surface area (TPSA) is 75.7 Å². The molecule has 1 aliphatic rings. The smallest absolute Gasteiger partial charge is 0.259 e. The van der Waals surface area contributed by atoms with Gasteiger partial charge in [0, 0.05) is 13.6 Å². The highest BCUT2D eigenvalue weighted by molar-refractivity contribution is 7.89. The summed E-state index contributed by atoms with van der Waals surface area (Å²) in [5.41, 5.74) is 2.58. The minimum Gasteiger partial charge on any atom is -0.454 e. The molecule has 0 saturated heterocycles. The zero-order chi connectivity index (χ0) is 20.6. The molecular formula is C22H20N2O4S. The van der Waals surface area contributed by atoms with Gasteiger partial charge in [0.2, 0.25) is 10.0 Å². The van der Waals surface area contributed by atoms with Gasteiger partial charge in [-0.25, -0.2) is 8.42 Å². The molecule has 3 aromatic rings. The molecule has 0 atom stereocenters. The molecule has 0 spiro atoms. The van der Waals surface area contributed by atoms with Crippen LogP contribution >= 0.6 is 0 Å². The van der Waals surface area contributed by atoms with Crippen LogP contribution in [0.4, 0.5) is 5.69 Å². The van der Waals surface area contributed by atoms with Crippen molar-refractivity contribution in [3.63, 3.8) is 0 Å². The minimum atomic E-state index is -3.78. The van der Waals surface area contributed by atoms with Crippen molar-refractivity contribution in [2.24, 2.45) is 0 Å². The van der Waals surface area contributed by atoms with Gasteiger partial charge in [0.25, 0.3) is 5.91 Å². The number of nitrogens with zero attached hydrogens (tertiary/aromatic N) is 1. The van der Waals surface area contributed by atoms with Gasteiger partial charge in [0.1, 0.15) is 5.75 Å². The lowest BCUT2D eigenvalue weighted by Gasteiger charge is -2.18. The molecule has 1 aliphatic heterocycles. The molecule has 0 bridgehead atoms. The second kappa shape index (κ2) is 7.35. The van der Waals surface area contributed by atoms with E-state index in [1.54, 1.807) is 6.07 Å². The van der Waals surface area contributed by atoms with Gasteiger partial charge in [-0.2, -0.15) is 4.31 Å². The Morgan fingerprint density at radius 2 is 1.72 bits per heavy atom. The predicted octanol–water partition coefficient (Wildman–Crippen LogP) is 4.17. The van der Waals surface area contributed by atoms with Crippen molar-refractivity contribution in [1.82, 2.24) is 4.31 Å². The van der Waals surface area contributed by atoms with Crippen LogP contribution in [0.3, 0.4) is 0 Å². The molecule has 0 saturated carbocycles. The van der Waals surface area contributed by atoms with Gasteiger partial charge in [-0.05, 0) is 48.4 Å². The van der Waals surface area contributed by atoms with E-state index >= 15 is 0 Å². The van der Waals surface area contributed by atoms with Crippen molar-refractivity contribution in [2.75, 3.05) is 12.4 Å². The average molecular weight is 408 g/mol. The van der Waals surface area contributed by atoms with Crippen molar-refractivity contribution >= 4 is 21.6 Å². The Morgan fingerprint density at radius 3 is 2.48 bits per heavy atom. The summed E-state index contributed by atoms with van der Waals surface area (Å²) < 4.78 is 33.2. The first-order valence-corrected chi connectivity index (χ1v) is 10.5. The number of rotatable bonds is 4. The number of sulfonamides is 1. The molecule has 148 valence electrons. The van der Waals surface area contributed by atoms with Crippen molar-refractivity contribution < 1.29 is 17.9 Å². The third-order valence-electron chi connectivity index (χ3n) is 4.76. The number of benzene rings is 3. The molecule has 6 nitrogen and oxygen atoms in total. The summed E-state index contributed by atoms with van der Waals surface area (Å²) in [6.07, 6.45) is 0. The lowest BCUT2D eigenvalue weighted by molar-refractivity contribution is 0.102. The van der Waals surface area contributed by atoms with E-state index in [0.29, 0.717) is 17.2 Å². The molecule has 29 heavy (non-hydrogen) atoms. The molecule has 1 N–H and O–H groups in total. The van der Waals surface area contributed by atoms with E-state index in [1.165, 1.54) is 29.6 Å². The quantitative estimate of drug-likeness (QED) is 0.703. The van der Waals surface area contributed by atoms with Crippen LogP contribution in [0, 0.1) is 6.92 Å². The van der Waals surface area contributed by atoms with E-state index < -0.39 is 15.9 Å². The Bertz CT molecular complexity index is 1190. The lowest BCUT2D eigenvalue weighted by Crippen LogP contribution is -2.26. The van der Waals surface area contributed by atoms with Crippen LogP contribution in [0.25, 0.3) is 0 Å². The Morgan fingerprint density at radius 1 is 0.966 bits per heavy atom. The van der Waals surface area contributed by atoms with Crippen LogP contribution in [0.5, 0.6) is 11.5 Å². The Balaban J connectivity index is 1.67. The number of hydrogen-bond acceptors (Lipinski definition) is 4. The normalized spacial score (nSPS) is 13.1. The zero-order valence-corrected chi connectivity index (χ0v) is 16.9. The second-order valence-corrected chi connectivity index (χ2v) is 9.01. The summed E-state index contributed by atoms with van der Waals surface area (Å²) in [6, 6.07) is 19.1. The highest BCUT2D eigenvalue weighted by atomic mass is 32.2. The summed E-state index contributed by atoms with van der Waals surface area (Å²) in [4.78, 5) is 12.7. The second-order valence-electron chi connectivity index (χ2n) is 6.96. The van der Waals surface area contributed by atoms with Crippen LogP contribution in [0.2, 0.25) is 0 Å². The minimum absolute atomic E-state index is 0.0376. The van der Waals surface area contributed by atoms with Crippen molar-refractivity contribution in [2.45, 2.75) is 18.4 Å². The molecule has 1 heterocycles. The highest BCUT2D eigenvalue weighted by Gasteiger charge is 2.26. The summed E-state index contributed by atoms with van der Waals surface area (Å²) in [6.45, 7) is 2.16. The summed E-state index contributed by atoms with van der Waals surface area (Å²) in [5, 5.41) is 2.78. The van der Waals surface area contributed by atoms with E-state index in [9.17, 15) is 13.2 Å². The number of nitrogens with one attached hydrogen (secondary N) is 1. The Labute approximate surface area is 169 Å². The lowest BCUT2D eigenvalue weighted by atomic mass is 10.2. The first kappa shape index (κ1) is 19.2. The summed E-state index contributed by atoms with van der Waals surface area (Å²) in [7, 11) is -2.27. The van der Waals surface area contributed by atoms with Crippen molar-refractivity contribution in [3.8, 4) is 11.5 Å². The standard InChI is InChI=1S/C22H20N2O4S/c1-15-8-10-19-21(12-15)28-20-11-9-17(13-18(20)22(25)23-19)29(26,27)24(2)14-16-6-4-3-5-7-16/h3-13H,14H2,1-2H3,(H,23,25). The van der Waals surface area contributed by atoms with Crippen LogP contribution in [0.1, 0.15) is 21.5 Å². The maximum atomic E-state index is 13.0. The van der Waals surface area contributed by atoms with Crippen LogP contribution in [-0.4, -0.2) is 25.7 Å². The highest BCUT2D eigenvalue weighted by Crippen LogP contribution is 2.37. The largest absolute Gasteiger partial charge is 0.454 e. The van der Waals surface area contributed by atoms with Gasteiger partial charge < -0.3 is 10.1 Å².